The molecule has 2 aromatic heterocycles. The first-order chi connectivity index (χ1) is 6.18. The van der Waals surface area contributed by atoms with E-state index < -0.39 is 0 Å². The molecule has 68 valence electrons. The summed E-state index contributed by atoms with van der Waals surface area (Å²) in [5.41, 5.74) is 7.77. The summed E-state index contributed by atoms with van der Waals surface area (Å²) in [4.78, 5) is 0. The van der Waals surface area contributed by atoms with Crippen molar-refractivity contribution < 1.29 is 0 Å². The van der Waals surface area contributed by atoms with Gasteiger partial charge in [-0.15, -0.1) is 10.2 Å². The highest BCUT2D eigenvalue weighted by atomic mass is 15.3. The lowest BCUT2D eigenvalue weighted by atomic mass is 10.3. The minimum Gasteiger partial charge on any atom is -0.322 e. The molecule has 0 amide bonds. The monoisotopic (exact) mass is 176 g/mol. The Hall–Kier alpha value is -1.42. The molecule has 0 fully saturated rings. The van der Waals surface area contributed by atoms with Crippen LogP contribution in [0.1, 0.15) is 24.4 Å². The van der Waals surface area contributed by atoms with Crippen LogP contribution in [0.4, 0.5) is 0 Å². The fraction of sp³-hybridized carbons (Fsp3) is 0.333. The SMILES string of the molecule is Cc1ccc2nnc(C(C)N)n2c1. The average Bonchev–Trinajstić information content (AvgIpc) is 2.46. The molecule has 0 aliphatic rings. The number of hydrogen-bond donors (Lipinski definition) is 1. The molecule has 2 heterocycles. The Balaban J connectivity index is 2.71. The molecular formula is C9H12N4. The quantitative estimate of drug-likeness (QED) is 0.706. The van der Waals surface area contributed by atoms with Crippen molar-refractivity contribution in [1.29, 1.82) is 0 Å². The third kappa shape index (κ3) is 1.29. The van der Waals surface area contributed by atoms with Gasteiger partial charge in [-0.25, -0.2) is 0 Å². The first-order valence-corrected chi connectivity index (χ1v) is 4.25. The third-order valence-electron chi connectivity index (χ3n) is 1.98. The summed E-state index contributed by atoms with van der Waals surface area (Å²) in [7, 11) is 0. The Morgan fingerprint density at radius 3 is 2.85 bits per heavy atom. The standard InChI is InChI=1S/C9H12N4/c1-6-3-4-8-11-12-9(7(2)10)13(8)5-6/h3-5,7H,10H2,1-2H3. The predicted octanol–water partition coefficient (Wildman–Crippen LogP) is 1.06. The van der Waals surface area contributed by atoms with Crippen LogP contribution >= 0.6 is 0 Å². The lowest BCUT2D eigenvalue weighted by Gasteiger charge is -2.02. The van der Waals surface area contributed by atoms with Gasteiger partial charge in [0.15, 0.2) is 11.5 Å². The van der Waals surface area contributed by atoms with Crippen LogP contribution in [0.25, 0.3) is 5.65 Å². The summed E-state index contributed by atoms with van der Waals surface area (Å²) in [6.07, 6.45) is 1.99. The molecule has 13 heavy (non-hydrogen) atoms. The topological polar surface area (TPSA) is 56.2 Å². The van der Waals surface area contributed by atoms with Crippen LogP contribution in [0.5, 0.6) is 0 Å². The minimum atomic E-state index is -0.0863. The maximum Gasteiger partial charge on any atom is 0.160 e. The molecule has 1 atom stereocenters. The number of nitrogens with two attached hydrogens (primary N) is 1. The van der Waals surface area contributed by atoms with Crippen molar-refractivity contribution in [3.05, 3.63) is 29.7 Å². The van der Waals surface area contributed by atoms with Gasteiger partial charge < -0.3 is 5.73 Å². The molecule has 0 aromatic carbocycles. The largest absolute Gasteiger partial charge is 0.322 e. The molecule has 1 unspecified atom stereocenters. The van der Waals surface area contributed by atoms with Gasteiger partial charge in [-0.05, 0) is 25.5 Å². The summed E-state index contributed by atoms with van der Waals surface area (Å²) < 4.78 is 1.93. The number of hydrogen-bond acceptors (Lipinski definition) is 3. The molecule has 0 aliphatic carbocycles. The van der Waals surface area contributed by atoms with Crippen molar-refractivity contribution in [2.75, 3.05) is 0 Å². The molecule has 0 spiro atoms. The number of pyridine rings is 1. The molecule has 4 nitrogen and oxygen atoms in total. The molecule has 2 rings (SSSR count). The lowest BCUT2D eigenvalue weighted by Crippen LogP contribution is -2.09. The molecule has 2 aromatic rings. The van der Waals surface area contributed by atoms with Crippen molar-refractivity contribution >= 4 is 5.65 Å². The van der Waals surface area contributed by atoms with E-state index in [0.717, 1.165) is 11.5 Å². The van der Waals surface area contributed by atoms with Gasteiger partial charge in [0.25, 0.3) is 0 Å². The molecular weight excluding hydrogens is 164 g/mol. The zero-order valence-electron chi connectivity index (χ0n) is 7.73. The Morgan fingerprint density at radius 2 is 2.15 bits per heavy atom. The van der Waals surface area contributed by atoms with E-state index in [9.17, 15) is 0 Å². The molecule has 4 heteroatoms. The fourth-order valence-corrected chi connectivity index (χ4v) is 1.33. The van der Waals surface area contributed by atoms with Gasteiger partial charge >= 0.3 is 0 Å². The van der Waals surface area contributed by atoms with Gasteiger partial charge in [0.2, 0.25) is 0 Å². The average molecular weight is 176 g/mol. The van der Waals surface area contributed by atoms with Crippen LogP contribution in [0.15, 0.2) is 18.3 Å². The highest BCUT2D eigenvalue weighted by molar-refractivity contribution is 5.39. The summed E-state index contributed by atoms with van der Waals surface area (Å²) in [6, 6.07) is 3.86. The van der Waals surface area contributed by atoms with E-state index in [1.54, 1.807) is 0 Å². The van der Waals surface area contributed by atoms with Gasteiger partial charge in [0.1, 0.15) is 0 Å². The van der Waals surface area contributed by atoms with E-state index in [0.29, 0.717) is 0 Å². The van der Waals surface area contributed by atoms with E-state index in [2.05, 4.69) is 10.2 Å². The molecule has 0 saturated carbocycles. The van der Waals surface area contributed by atoms with Crippen LogP contribution in [-0.2, 0) is 0 Å². The van der Waals surface area contributed by atoms with E-state index in [-0.39, 0.29) is 6.04 Å². The summed E-state index contributed by atoms with van der Waals surface area (Å²) in [5.74, 6) is 0.804. The van der Waals surface area contributed by atoms with E-state index in [4.69, 9.17) is 5.73 Å². The highest BCUT2D eigenvalue weighted by Crippen LogP contribution is 2.10. The lowest BCUT2D eigenvalue weighted by molar-refractivity contribution is 0.726. The van der Waals surface area contributed by atoms with Gasteiger partial charge in [-0.3, -0.25) is 4.40 Å². The summed E-state index contributed by atoms with van der Waals surface area (Å²) in [5, 5.41) is 8.04. The maximum absolute atomic E-state index is 5.75. The second-order valence-corrected chi connectivity index (χ2v) is 3.28. The normalized spacial score (nSPS) is 13.5. The summed E-state index contributed by atoms with van der Waals surface area (Å²) >= 11 is 0. The van der Waals surface area contributed by atoms with E-state index in [1.165, 1.54) is 5.56 Å². The molecule has 0 radical (unpaired) electrons. The van der Waals surface area contributed by atoms with Crippen LogP contribution in [0, 0.1) is 6.92 Å². The predicted molar refractivity (Wildman–Crippen MR) is 50.3 cm³/mol. The second-order valence-electron chi connectivity index (χ2n) is 3.28. The van der Waals surface area contributed by atoms with Crippen molar-refractivity contribution in [3.8, 4) is 0 Å². The maximum atomic E-state index is 5.75. The Bertz CT molecular complexity index is 430. The number of rotatable bonds is 1. The zero-order chi connectivity index (χ0) is 9.42. The zero-order valence-corrected chi connectivity index (χ0v) is 7.73. The smallest absolute Gasteiger partial charge is 0.160 e. The molecule has 0 saturated heterocycles. The first kappa shape index (κ1) is 8.19. The van der Waals surface area contributed by atoms with Crippen LogP contribution in [0.3, 0.4) is 0 Å². The molecule has 0 aliphatic heterocycles. The first-order valence-electron chi connectivity index (χ1n) is 4.25. The Labute approximate surface area is 76.4 Å². The van der Waals surface area contributed by atoms with Crippen LogP contribution < -0.4 is 5.73 Å². The number of aryl methyl sites for hydroxylation is 1. The Kier molecular flexibility index (Phi) is 1.77. The van der Waals surface area contributed by atoms with Gasteiger partial charge in [-0.2, -0.15) is 0 Å². The van der Waals surface area contributed by atoms with Crippen LogP contribution in [0.2, 0.25) is 0 Å². The summed E-state index contributed by atoms with van der Waals surface area (Å²) in [6.45, 7) is 3.93. The van der Waals surface area contributed by atoms with Gasteiger partial charge in [0.05, 0.1) is 6.04 Å². The molecule has 2 N–H and O–H groups in total. The highest BCUT2D eigenvalue weighted by Gasteiger charge is 2.08. The number of aromatic nitrogens is 3. The second kappa shape index (κ2) is 2.81. The van der Waals surface area contributed by atoms with Gasteiger partial charge in [-0.1, -0.05) is 6.07 Å². The van der Waals surface area contributed by atoms with Crippen molar-refractivity contribution in [1.82, 2.24) is 14.6 Å². The number of fused-ring (bicyclic) bond motifs is 1. The molecule has 0 bridgehead atoms. The number of nitrogens with zero attached hydrogens (tertiary/aromatic N) is 3. The van der Waals surface area contributed by atoms with Crippen LogP contribution in [-0.4, -0.2) is 14.6 Å². The van der Waals surface area contributed by atoms with E-state index >= 15 is 0 Å². The van der Waals surface area contributed by atoms with Crippen molar-refractivity contribution in [2.24, 2.45) is 5.73 Å². The minimum absolute atomic E-state index is 0.0863. The third-order valence-corrected chi connectivity index (χ3v) is 1.98. The fourth-order valence-electron chi connectivity index (χ4n) is 1.33. The van der Waals surface area contributed by atoms with E-state index in [1.807, 2.05) is 36.6 Å². The van der Waals surface area contributed by atoms with Crippen molar-refractivity contribution in [3.63, 3.8) is 0 Å². The van der Waals surface area contributed by atoms with Crippen molar-refractivity contribution in [2.45, 2.75) is 19.9 Å². The van der Waals surface area contributed by atoms with Gasteiger partial charge in [0, 0.05) is 6.20 Å². The Morgan fingerprint density at radius 1 is 1.38 bits per heavy atom.